The quantitative estimate of drug-likeness (QED) is 0.439. The van der Waals surface area contributed by atoms with Crippen LogP contribution in [-0.2, 0) is 22.3 Å². The molecular formula is C23H23ClF3N3O4. The molecule has 0 fully saturated rings. The highest BCUT2D eigenvalue weighted by molar-refractivity contribution is 6.31. The number of carbonyl (C=O) groups is 1. The molecule has 0 amide bonds. The molecular weight excluding hydrogens is 475 g/mol. The van der Waals surface area contributed by atoms with E-state index in [4.69, 9.17) is 21.1 Å². The summed E-state index contributed by atoms with van der Waals surface area (Å²) < 4.78 is 51.9. The average Bonchev–Trinajstić information content (AvgIpc) is 3.09. The minimum Gasteiger partial charge on any atom is -0.476 e. The number of hydrogen-bond acceptors (Lipinski definition) is 5. The summed E-state index contributed by atoms with van der Waals surface area (Å²) in [5, 5.41) is 3.54. The third kappa shape index (κ3) is 5.44. The number of alkyl halides is 3. The molecule has 182 valence electrons. The predicted molar refractivity (Wildman–Crippen MR) is 119 cm³/mol. The number of carbonyl (C=O) groups excluding carboxylic acids is 1. The molecule has 2 aromatic carbocycles. The van der Waals surface area contributed by atoms with Gasteiger partial charge in [0, 0.05) is 0 Å². The van der Waals surface area contributed by atoms with Gasteiger partial charge in [-0.1, -0.05) is 23.7 Å². The summed E-state index contributed by atoms with van der Waals surface area (Å²) in [7, 11) is 0. The molecule has 0 N–H and O–H groups in total. The number of esters is 1. The van der Waals surface area contributed by atoms with Gasteiger partial charge in [-0.25, -0.2) is 18.8 Å². The van der Waals surface area contributed by atoms with Gasteiger partial charge in [0.2, 0.25) is 0 Å². The van der Waals surface area contributed by atoms with E-state index in [1.54, 1.807) is 45.9 Å². The van der Waals surface area contributed by atoms with Gasteiger partial charge in [-0.2, -0.15) is 18.3 Å². The summed E-state index contributed by atoms with van der Waals surface area (Å²) in [6.07, 6.45) is -3.38. The Hall–Kier alpha value is -3.27. The van der Waals surface area contributed by atoms with Crippen LogP contribution in [0.2, 0.25) is 5.02 Å². The highest BCUT2D eigenvalue weighted by Gasteiger charge is 2.33. The second kappa shape index (κ2) is 9.54. The van der Waals surface area contributed by atoms with Gasteiger partial charge in [-0.3, -0.25) is 0 Å². The van der Waals surface area contributed by atoms with E-state index >= 15 is 0 Å². The predicted octanol–water partition coefficient (Wildman–Crippen LogP) is 4.78. The molecule has 3 rings (SSSR count). The zero-order valence-corrected chi connectivity index (χ0v) is 19.7. The van der Waals surface area contributed by atoms with Crippen LogP contribution in [0.5, 0.6) is 5.75 Å². The minimum atomic E-state index is -4.59. The molecule has 0 saturated carbocycles. The van der Waals surface area contributed by atoms with Gasteiger partial charge in [0.25, 0.3) is 0 Å². The molecule has 0 spiro atoms. The lowest BCUT2D eigenvalue weighted by Crippen LogP contribution is -2.39. The summed E-state index contributed by atoms with van der Waals surface area (Å²) in [5.41, 5.74) is -1.08. The monoisotopic (exact) mass is 497 g/mol. The Kier molecular flexibility index (Phi) is 7.11. The first-order valence-corrected chi connectivity index (χ1v) is 10.7. The van der Waals surface area contributed by atoms with Crippen molar-refractivity contribution in [3.63, 3.8) is 0 Å². The molecule has 1 heterocycles. The average molecular weight is 498 g/mol. The van der Waals surface area contributed by atoms with Gasteiger partial charge in [-0.05, 0) is 63.1 Å². The van der Waals surface area contributed by atoms with Crippen LogP contribution in [0.25, 0.3) is 5.69 Å². The number of nitrogens with zero attached hydrogens (tertiary/aromatic N) is 3. The molecule has 11 heteroatoms. The van der Waals surface area contributed by atoms with Gasteiger partial charge >= 0.3 is 17.8 Å². The van der Waals surface area contributed by atoms with E-state index in [2.05, 4.69) is 5.10 Å². The number of benzene rings is 2. The summed E-state index contributed by atoms with van der Waals surface area (Å²) in [4.78, 5) is 24.8. The maximum Gasteiger partial charge on any atom is 0.417 e. The third-order valence-corrected chi connectivity index (χ3v) is 5.29. The standard InChI is InChI=1S/C23H23ClF3N3O4/c1-5-33-20(31)22(3,4)34-19-9-6-15(10-14(19)2)12-30-21(32)29(13-28-30)16-7-8-17(18(24)11-16)23(25,26)27/h6-11,13H,5,12H2,1-4H3. The second-order valence-electron chi connectivity index (χ2n) is 8.04. The SMILES string of the molecule is CCOC(=O)C(C)(C)Oc1ccc(Cn2ncn(-c3ccc(C(F)(F)F)c(Cl)c3)c2=O)cc1C. The van der Waals surface area contributed by atoms with Crippen LogP contribution in [0.15, 0.2) is 47.5 Å². The fourth-order valence-electron chi connectivity index (χ4n) is 3.23. The van der Waals surface area contributed by atoms with Crippen molar-refractivity contribution in [2.45, 2.75) is 46.0 Å². The Labute approximate surface area is 198 Å². The van der Waals surface area contributed by atoms with Gasteiger partial charge < -0.3 is 9.47 Å². The van der Waals surface area contributed by atoms with Crippen molar-refractivity contribution in [2.24, 2.45) is 0 Å². The molecule has 0 aliphatic carbocycles. The van der Waals surface area contributed by atoms with Gasteiger partial charge in [0.15, 0.2) is 5.60 Å². The summed E-state index contributed by atoms with van der Waals surface area (Å²) in [6, 6.07) is 8.24. The lowest BCUT2D eigenvalue weighted by molar-refractivity contribution is -0.158. The molecule has 0 aliphatic rings. The summed E-state index contributed by atoms with van der Waals surface area (Å²) in [6.45, 7) is 7.08. The van der Waals surface area contributed by atoms with Crippen molar-refractivity contribution >= 4 is 17.6 Å². The van der Waals surface area contributed by atoms with Crippen molar-refractivity contribution in [2.75, 3.05) is 6.61 Å². The number of ether oxygens (including phenoxy) is 2. The van der Waals surface area contributed by atoms with Gasteiger partial charge in [0.05, 0.1) is 29.4 Å². The minimum absolute atomic E-state index is 0.114. The Morgan fingerprint density at radius 3 is 2.44 bits per heavy atom. The van der Waals surface area contributed by atoms with Crippen LogP contribution in [-0.4, -0.2) is 32.5 Å². The molecule has 7 nitrogen and oxygen atoms in total. The first kappa shape index (κ1) is 25.4. The first-order chi connectivity index (χ1) is 15.8. The topological polar surface area (TPSA) is 75.3 Å². The maximum atomic E-state index is 12.9. The zero-order valence-electron chi connectivity index (χ0n) is 18.9. The van der Waals surface area contributed by atoms with Crippen molar-refractivity contribution < 1.29 is 27.4 Å². The molecule has 34 heavy (non-hydrogen) atoms. The third-order valence-electron chi connectivity index (χ3n) is 4.97. The smallest absolute Gasteiger partial charge is 0.417 e. The molecule has 0 atom stereocenters. The van der Waals surface area contributed by atoms with Crippen LogP contribution in [0.3, 0.4) is 0 Å². The number of aromatic nitrogens is 3. The van der Waals surface area contributed by atoms with Crippen molar-refractivity contribution in [1.82, 2.24) is 14.3 Å². The number of halogens is 4. The van der Waals surface area contributed by atoms with Crippen LogP contribution in [0, 0.1) is 6.92 Å². The lowest BCUT2D eigenvalue weighted by Gasteiger charge is -2.25. The second-order valence-corrected chi connectivity index (χ2v) is 8.44. The van der Waals surface area contributed by atoms with E-state index < -0.39 is 34.0 Å². The molecule has 0 radical (unpaired) electrons. The fraction of sp³-hybridized carbons (Fsp3) is 0.348. The maximum absolute atomic E-state index is 12.9. The molecule has 0 bridgehead atoms. The highest BCUT2D eigenvalue weighted by atomic mass is 35.5. The van der Waals surface area contributed by atoms with Crippen LogP contribution < -0.4 is 10.4 Å². The number of aryl methyl sites for hydroxylation is 1. The number of rotatable bonds is 7. The molecule has 0 unspecified atom stereocenters. The van der Waals surface area contributed by atoms with Crippen molar-refractivity contribution in [3.8, 4) is 11.4 Å². The molecule has 1 aromatic heterocycles. The Bertz CT molecular complexity index is 1270. The molecule has 0 aliphatic heterocycles. The van der Waals surface area contributed by atoms with E-state index in [1.807, 2.05) is 0 Å². The summed E-state index contributed by atoms with van der Waals surface area (Å²) in [5.74, 6) is -0.00184. The zero-order chi connectivity index (χ0) is 25.3. The van der Waals surface area contributed by atoms with Gasteiger partial charge in [0.1, 0.15) is 12.1 Å². The Balaban J connectivity index is 1.80. The molecule has 0 saturated heterocycles. The van der Waals surface area contributed by atoms with Crippen molar-refractivity contribution in [3.05, 3.63) is 74.9 Å². The lowest BCUT2D eigenvalue weighted by atomic mass is 10.1. The van der Waals surface area contributed by atoms with Gasteiger partial charge in [-0.15, -0.1) is 0 Å². The fourth-order valence-corrected chi connectivity index (χ4v) is 3.51. The summed E-state index contributed by atoms with van der Waals surface area (Å²) >= 11 is 5.76. The van der Waals surface area contributed by atoms with E-state index in [0.717, 1.165) is 33.9 Å². The number of hydrogen-bond donors (Lipinski definition) is 0. The molecule has 3 aromatic rings. The van der Waals surface area contributed by atoms with E-state index in [9.17, 15) is 22.8 Å². The normalized spacial score (nSPS) is 12.0. The Morgan fingerprint density at radius 1 is 1.15 bits per heavy atom. The first-order valence-electron chi connectivity index (χ1n) is 10.3. The van der Waals surface area contributed by atoms with E-state index in [1.165, 1.54) is 11.0 Å². The van der Waals surface area contributed by atoms with Crippen molar-refractivity contribution in [1.29, 1.82) is 0 Å². The van der Waals surface area contributed by atoms with Crippen LogP contribution in [0.4, 0.5) is 13.2 Å². The highest BCUT2D eigenvalue weighted by Crippen LogP contribution is 2.35. The van der Waals surface area contributed by atoms with E-state index in [0.29, 0.717) is 5.75 Å². The Morgan fingerprint density at radius 2 is 1.85 bits per heavy atom. The largest absolute Gasteiger partial charge is 0.476 e. The van der Waals surface area contributed by atoms with Crippen LogP contribution in [0.1, 0.15) is 37.5 Å². The van der Waals surface area contributed by atoms with Crippen LogP contribution >= 0.6 is 11.6 Å². The van der Waals surface area contributed by atoms with E-state index in [-0.39, 0.29) is 18.8 Å².